The zero-order chi connectivity index (χ0) is 28.2. The number of benzene rings is 1. The number of nitrogens with one attached hydrogen (secondary N) is 2. The number of aliphatic hydroxyl groups excluding tert-OH is 1. The number of amides is 2. The molecule has 0 aliphatic carbocycles. The SMILES string of the molecule is CCc1cncc(CNC[C@@H](O)[C@@H]2Cc3ccc(c(F)c3)OCCCCC(=O)N(C)C(CCSC)C(=O)N2)c1. The minimum Gasteiger partial charge on any atom is -0.491 e. The van der Waals surface area contributed by atoms with Gasteiger partial charge >= 0.3 is 0 Å². The predicted octanol–water partition coefficient (Wildman–Crippen LogP) is 3.10. The van der Waals surface area contributed by atoms with E-state index in [0.29, 0.717) is 43.7 Å². The molecule has 0 spiro atoms. The van der Waals surface area contributed by atoms with Crippen molar-refractivity contribution in [1.29, 1.82) is 0 Å². The maximum Gasteiger partial charge on any atom is 0.243 e. The molecule has 3 atom stereocenters. The first-order valence-electron chi connectivity index (χ1n) is 13.6. The molecule has 39 heavy (non-hydrogen) atoms. The topological polar surface area (TPSA) is 104 Å². The smallest absolute Gasteiger partial charge is 0.243 e. The van der Waals surface area contributed by atoms with Crippen LogP contribution < -0.4 is 15.4 Å². The number of hydrogen-bond donors (Lipinski definition) is 3. The first-order valence-corrected chi connectivity index (χ1v) is 15.0. The first kappa shape index (κ1) is 30.8. The molecule has 2 bridgehead atoms. The Kier molecular flexibility index (Phi) is 12.5. The summed E-state index contributed by atoms with van der Waals surface area (Å²) in [6.07, 6.45) is 7.63. The molecule has 3 heterocycles. The van der Waals surface area contributed by atoms with Gasteiger partial charge in [-0.05, 0) is 72.9 Å². The molecule has 2 amide bonds. The van der Waals surface area contributed by atoms with Gasteiger partial charge in [0.2, 0.25) is 11.8 Å². The van der Waals surface area contributed by atoms with Crippen molar-refractivity contribution < 1.29 is 23.8 Å². The van der Waals surface area contributed by atoms with E-state index in [2.05, 4.69) is 28.6 Å². The number of thioether (sulfide) groups is 1. The maximum absolute atomic E-state index is 14.8. The minimum atomic E-state index is -0.962. The lowest BCUT2D eigenvalue weighted by atomic mass is 9.99. The summed E-state index contributed by atoms with van der Waals surface area (Å²) in [7, 11) is 1.66. The van der Waals surface area contributed by atoms with Crippen LogP contribution in [0.2, 0.25) is 0 Å². The Morgan fingerprint density at radius 2 is 2.05 bits per heavy atom. The van der Waals surface area contributed by atoms with Crippen molar-refractivity contribution in [3.05, 3.63) is 59.2 Å². The van der Waals surface area contributed by atoms with Gasteiger partial charge in [-0.15, -0.1) is 0 Å². The molecular formula is C29H41FN4O4S. The Morgan fingerprint density at radius 1 is 1.26 bits per heavy atom. The average molecular weight is 561 g/mol. The Morgan fingerprint density at radius 3 is 2.79 bits per heavy atom. The number of carbonyl (C=O) groups is 2. The van der Waals surface area contributed by atoms with E-state index < -0.39 is 24.0 Å². The molecule has 0 saturated heterocycles. The van der Waals surface area contributed by atoms with Gasteiger partial charge in [0.1, 0.15) is 6.04 Å². The lowest BCUT2D eigenvalue weighted by molar-refractivity contribution is -0.139. The van der Waals surface area contributed by atoms with Crippen molar-refractivity contribution in [2.45, 2.75) is 70.2 Å². The van der Waals surface area contributed by atoms with Crippen LogP contribution in [0.4, 0.5) is 4.39 Å². The molecule has 10 heteroatoms. The van der Waals surface area contributed by atoms with E-state index in [0.717, 1.165) is 17.5 Å². The molecule has 0 radical (unpaired) electrons. The van der Waals surface area contributed by atoms with Gasteiger partial charge in [-0.3, -0.25) is 14.6 Å². The van der Waals surface area contributed by atoms with Crippen LogP contribution in [0.1, 0.15) is 49.3 Å². The van der Waals surface area contributed by atoms with Gasteiger partial charge in [0.25, 0.3) is 0 Å². The van der Waals surface area contributed by atoms with Gasteiger partial charge in [-0.2, -0.15) is 11.8 Å². The van der Waals surface area contributed by atoms with Crippen molar-refractivity contribution in [3.8, 4) is 5.75 Å². The molecule has 0 saturated carbocycles. The standard InChI is InChI=1S/C29H41FN4O4S/c1-4-20-13-22(17-31-16-20)18-32-19-26(35)24-15-21-8-9-27(23(30)14-21)38-11-6-5-7-28(36)34(2)25(10-12-39-3)29(37)33-24/h8-9,13-14,16-17,24-26,32,35H,4-7,10-12,15,18-19H2,1-3H3,(H,33,37)/t24-,25?,26+/m0/s1. The molecule has 2 aliphatic rings. The van der Waals surface area contributed by atoms with Crippen LogP contribution in [0.15, 0.2) is 36.7 Å². The molecule has 8 nitrogen and oxygen atoms in total. The third-order valence-electron chi connectivity index (χ3n) is 6.99. The summed E-state index contributed by atoms with van der Waals surface area (Å²) in [5, 5.41) is 17.4. The van der Waals surface area contributed by atoms with E-state index >= 15 is 0 Å². The summed E-state index contributed by atoms with van der Waals surface area (Å²) < 4.78 is 20.4. The quantitative estimate of drug-likeness (QED) is 0.433. The lowest BCUT2D eigenvalue weighted by Gasteiger charge is -2.31. The lowest BCUT2D eigenvalue weighted by Crippen LogP contribution is -2.55. The molecule has 1 aromatic carbocycles. The third kappa shape index (κ3) is 9.47. The Balaban J connectivity index is 1.80. The number of hydrogen-bond acceptors (Lipinski definition) is 7. The number of carbonyl (C=O) groups excluding carboxylic acids is 2. The van der Waals surface area contributed by atoms with Crippen molar-refractivity contribution in [2.24, 2.45) is 0 Å². The van der Waals surface area contributed by atoms with Gasteiger partial charge < -0.3 is 25.4 Å². The molecular weight excluding hydrogens is 519 g/mol. The number of halogens is 1. The van der Waals surface area contributed by atoms with E-state index in [1.54, 1.807) is 37.1 Å². The average Bonchev–Trinajstić information content (AvgIpc) is 2.93. The van der Waals surface area contributed by atoms with E-state index in [9.17, 15) is 19.1 Å². The van der Waals surface area contributed by atoms with Crippen LogP contribution in [0, 0.1) is 5.82 Å². The maximum atomic E-state index is 14.8. The number of likely N-dealkylation sites (N-methyl/N-ethyl adjacent to an activating group) is 1. The summed E-state index contributed by atoms with van der Waals surface area (Å²) in [6, 6.07) is 5.42. The number of rotatable bonds is 9. The molecule has 1 unspecified atom stereocenters. The van der Waals surface area contributed by atoms with Crippen molar-refractivity contribution >= 4 is 23.6 Å². The van der Waals surface area contributed by atoms with Gasteiger partial charge in [0.15, 0.2) is 11.6 Å². The minimum absolute atomic E-state index is 0.125. The fourth-order valence-corrected chi connectivity index (χ4v) is 5.04. The number of aryl methyl sites for hydroxylation is 1. The van der Waals surface area contributed by atoms with Gasteiger partial charge in [0.05, 0.1) is 18.8 Å². The highest BCUT2D eigenvalue weighted by atomic mass is 32.2. The van der Waals surface area contributed by atoms with Gasteiger partial charge in [-0.1, -0.05) is 19.1 Å². The summed E-state index contributed by atoms with van der Waals surface area (Å²) in [4.78, 5) is 32.2. The number of fused-ring (bicyclic) bond motifs is 13. The van der Waals surface area contributed by atoms with Crippen LogP contribution in [0.3, 0.4) is 0 Å². The highest BCUT2D eigenvalue weighted by Crippen LogP contribution is 2.21. The summed E-state index contributed by atoms with van der Waals surface area (Å²) >= 11 is 1.60. The second kappa shape index (κ2) is 15.8. The summed E-state index contributed by atoms with van der Waals surface area (Å²) in [5.41, 5.74) is 2.75. The van der Waals surface area contributed by atoms with Crippen LogP contribution >= 0.6 is 11.8 Å². The number of nitrogens with zero attached hydrogens (tertiary/aromatic N) is 2. The number of ether oxygens (including phenoxy) is 1. The molecule has 3 N–H and O–H groups in total. The summed E-state index contributed by atoms with van der Waals surface area (Å²) in [6.45, 7) is 3.08. The number of aromatic nitrogens is 1. The molecule has 2 aromatic rings. The predicted molar refractivity (Wildman–Crippen MR) is 152 cm³/mol. The van der Waals surface area contributed by atoms with Crippen LogP contribution in [-0.2, 0) is 29.0 Å². The molecule has 0 fully saturated rings. The number of pyridine rings is 1. The van der Waals surface area contributed by atoms with E-state index in [1.807, 2.05) is 12.5 Å². The van der Waals surface area contributed by atoms with Gasteiger partial charge in [0, 0.05) is 39.0 Å². The number of aliphatic hydroxyl groups is 1. The van der Waals surface area contributed by atoms with E-state index in [-0.39, 0.29) is 37.0 Å². The molecule has 1 aromatic heterocycles. The van der Waals surface area contributed by atoms with Gasteiger partial charge in [-0.25, -0.2) is 4.39 Å². The Bertz CT molecular complexity index is 1090. The summed E-state index contributed by atoms with van der Waals surface area (Å²) in [5.74, 6) is -0.0854. The fourth-order valence-electron chi connectivity index (χ4n) is 4.58. The Hall–Kier alpha value is -2.69. The molecule has 2 aliphatic heterocycles. The van der Waals surface area contributed by atoms with Crippen molar-refractivity contribution in [1.82, 2.24) is 20.5 Å². The highest BCUT2D eigenvalue weighted by molar-refractivity contribution is 7.98. The van der Waals surface area contributed by atoms with Crippen LogP contribution in [0.25, 0.3) is 0 Å². The monoisotopic (exact) mass is 560 g/mol. The van der Waals surface area contributed by atoms with Crippen molar-refractivity contribution in [2.75, 3.05) is 32.2 Å². The third-order valence-corrected chi connectivity index (χ3v) is 7.63. The largest absolute Gasteiger partial charge is 0.491 e. The fraction of sp³-hybridized carbons (Fsp3) is 0.552. The first-order chi connectivity index (χ1) is 18.8. The van der Waals surface area contributed by atoms with Crippen LogP contribution in [0.5, 0.6) is 5.75 Å². The second-order valence-corrected chi connectivity index (χ2v) is 10.9. The zero-order valence-electron chi connectivity index (χ0n) is 23.1. The normalized spacial score (nSPS) is 20.0. The second-order valence-electron chi connectivity index (χ2n) is 9.94. The van der Waals surface area contributed by atoms with Crippen molar-refractivity contribution in [3.63, 3.8) is 0 Å². The zero-order valence-corrected chi connectivity index (χ0v) is 23.9. The van der Waals surface area contributed by atoms with E-state index in [1.165, 1.54) is 11.0 Å². The van der Waals surface area contributed by atoms with Crippen LogP contribution in [-0.4, -0.2) is 77.2 Å². The highest BCUT2D eigenvalue weighted by Gasteiger charge is 2.30. The molecule has 4 rings (SSSR count). The Labute approximate surface area is 235 Å². The van der Waals surface area contributed by atoms with E-state index in [4.69, 9.17) is 4.74 Å². The molecule has 214 valence electrons.